The Hall–Kier alpha value is -3.34. The zero-order chi connectivity index (χ0) is 24.9. The first-order chi connectivity index (χ1) is 17.6. The number of morpholine rings is 1. The minimum absolute atomic E-state index is 0.0151. The van der Waals surface area contributed by atoms with Crippen LogP contribution in [-0.2, 0) is 11.3 Å². The number of aromatic nitrogens is 2. The van der Waals surface area contributed by atoms with E-state index in [2.05, 4.69) is 25.5 Å². The highest BCUT2D eigenvalue weighted by Crippen LogP contribution is 2.43. The third-order valence-electron chi connectivity index (χ3n) is 6.01. The van der Waals surface area contributed by atoms with Gasteiger partial charge in [-0.1, -0.05) is 17.7 Å². The van der Waals surface area contributed by atoms with Gasteiger partial charge in [-0.15, -0.1) is 0 Å². The van der Waals surface area contributed by atoms with Crippen LogP contribution in [0.15, 0.2) is 36.7 Å². The monoisotopic (exact) mass is 515 g/mol. The molecule has 0 bridgehead atoms. The van der Waals surface area contributed by atoms with Crippen molar-refractivity contribution in [3.05, 3.63) is 53.1 Å². The summed E-state index contributed by atoms with van der Waals surface area (Å²) in [6, 6.07) is 8.40. The zero-order valence-electron chi connectivity index (χ0n) is 19.9. The van der Waals surface area contributed by atoms with Gasteiger partial charge >= 0.3 is 0 Å². The van der Waals surface area contributed by atoms with Crippen molar-refractivity contribution in [2.45, 2.75) is 13.0 Å². The van der Waals surface area contributed by atoms with Gasteiger partial charge < -0.3 is 29.6 Å². The average molecular weight is 516 g/mol. The number of nitrogens with zero attached hydrogens (tertiary/aromatic N) is 3. The van der Waals surface area contributed by atoms with Crippen molar-refractivity contribution in [2.75, 3.05) is 57.2 Å². The molecule has 1 saturated heterocycles. The first kappa shape index (κ1) is 24.4. The molecule has 0 unspecified atom stereocenters. The van der Waals surface area contributed by atoms with Crippen LogP contribution in [0, 0.1) is 5.82 Å². The molecule has 2 N–H and O–H groups in total. The lowest BCUT2D eigenvalue weighted by Crippen LogP contribution is -2.37. The Labute approximate surface area is 213 Å². The molecule has 5 rings (SSSR count). The van der Waals surface area contributed by atoms with Crippen LogP contribution in [0.25, 0.3) is 0 Å². The topological polar surface area (TPSA) is 90.0 Å². The Morgan fingerprint density at radius 1 is 1.19 bits per heavy atom. The SMILES string of the molecule is COc1cc2c(cc1OCCCN1CCOCC1)CNc1c(Nc3cccc(Cl)c3F)ncnc1O2. The summed E-state index contributed by atoms with van der Waals surface area (Å²) in [5, 5.41) is 6.29. The second-order valence-electron chi connectivity index (χ2n) is 8.35. The van der Waals surface area contributed by atoms with Gasteiger partial charge in [0.25, 0.3) is 0 Å². The van der Waals surface area contributed by atoms with Crippen LogP contribution in [0.2, 0.25) is 5.02 Å². The molecule has 0 aliphatic carbocycles. The molecule has 9 nitrogen and oxygen atoms in total. The Balaban J connectivity index is 1.31. The Morgan fingerprint density at radius 2 is 2.06 bits per heavy atom. The second kappa shape index (κ2) is 11.2. The maximum absolute atomic E-state index is 14.5. The number of hydrogen-bond donors (Lipinski definition) is 2. The first-order valence-electron chi connectivity index (χ1n) is 11.7. The van der Waals surface area contributed by atoms with E-state index in [-0.39, 0.29) is 10.7 Å². The smallest absolute Gasteiger partial charge is 0.248 e. The lowest BCUT2D eigenvalue weighted by molar-refractivity contribution is 0.0357. The van der Waals surface area contributed by atoms with E-state index in [9.17, 15) is 4.39 Å². The molecule has 1 fully saturated rings. The van der Waals surface area contributed by atoms with Gasteiger partial charge in [-0.3, -0.25) is 4.90 Å². The van der Waals surface area contributed by atoms with Crippen LogP contribution in [0.1, 0.15) is 12.0 Å². The van der Waals surface area contributed by atoms with E-state index < -0.39 is 5.82 Å². The number of hydrogen-bond acceptors (Lipinski definition) is 9. The van der Waals surface area contributed by atoms with Crippen molar-refractivity contribution in [2.24, 2.45) is 0 Å². The summed E-state index contributed by atoms with van der Waals surface area (Å²) >= 11 is 5.92. The first-order valence-corrected chi connectivity index (χ1v) is 12.1. The van der Waals surface area contributed by atoms with E-state index >= 15 is 0 Å². The normalized spacial score (nSPS) is 15.1. The van der Waals surface area contributed by atoms with Gasteiger partial charge in [0, 0.05) is 37.8 Å². The molecule has 2 aromatic carbocycles. The van der Waals surface area contributed by atoms with Crippen molar-refractivity contribution in [1.29, 1.82) is 0 Å². The maximum atomic E-state index is 14.5. The fourth-order valence-electron chi connectivity index (χ4n) is 4.10. The van der Waals surface area contributed by atoms with Crippen LogP contribution < -0.4 is 24.8 Å². The number of rotatable bonds is 8. The molecule has 1 aromatic heterocycles. The molecular weight excluding hydrogens is 489 g/mol. The van der Waals surface area contributed by atoms with E-state index in [1.54, 1.807) is 25.3 Å². The number of ether oxygens (including phenoxy) is 4. The van der Waals surface area contributed by atoms with Gasteiger partial charge in [-0.25, -0.2) is 9.37 Å². The predicted octanol–water partition coefficient (Wildman–Crippen LogP) is 4.84. The van der Waals surface area contributed by atoms with Crippen molar-refractivity contribution >= 4 is 28.8 Å². The van der Waals surface area contributed by atoms with Crippen molar-refractivity contribution in [3.8, 4) is 23.1 Å². The van der Waals surface area contributed by atoms with Gasteiger partial charge in [0.2, 0.25) is 5.88 Å². The number of benzene rings is 2. The van der Waals surface area contributed by atoms with Crippen molar-refractivity contribution in [3.63, 3.8) is 0 Å². The van der Waals surface area contributed by atoms with Gasteiger partial charge in [0.1, 0.15) is 17.8 Å². The van der Waals surface area contributed by atoms with E-state index in [0.29, 0.717) is 47.8 Å². The lowest BCUT2D eigenvalue weighted by atomic mass is 10.1. The molecule has 0 radical (unpaired) electrons. The summed E-state index contributed by atoms with van der Waals surface area (Å²) in [7, 11) is 1.59. The number of fused-ring (bicyclic) bond motifs is 2. The molecule has 3 aromatic rings. The Morgan fingerprint density at radius 3 is 2.89 bits per heavy atom. The second-order valence-corrected chi connectivity index (χ2v) is 8.76. The number of halogens is 2. The summed E-state index contributed by atoms with van der Waals surface area (Å²) in [5.74, 6) is 1.88. The molecule has 0 saturated carbocycles. The van der Waals surface area contributed by atoms with Gasteiger partial charge in [0.15, 0.2) is 23.1 Å². The standard InChI is InChI=1S/C25H27ClFN5O4/c1-33-20-13-19-16(12-21(20)35-9-3-6-32-7-10-34-11-8-32)14-28-23-24(29-15-30-25(23)36-19)31-18-5-2-4-17(26)22(18)27/h2,4-5,12-13,15,28H,3,6-11,14H2,1H3,(H,29,30,31). The summed E-state index contributed by atoms with van der Waals surface area (Å²) in [4.78, 5) is 10.9. The zero-order valence-corrected chi connectivity index (χ0v) is 20.6. The maximum Gasteiger partial charge on any atom is 0.248 e. The van der Waals surface area contributed by atoms with Gasteiger partial charge in [-0.2, -0.15) is 4.98 Å². The molecule has 0 spiro atoms. The molecular formula is C25H27ClFN5O4. The van der Waals surface area contributed by atoms with Crippen LogP contribution in [0.3, 0.4) is 0 Å². The van der Waals surface area contributed by atoms with Crippen LogP contribution >= 0.6 is 11.6 Å². The molecule has 11 heteroatoms. The molecule has 190 valence electrons. The summed E-state index contributed by atoms with van der Waals surface area (Å²) < 4.78 is 37.6. The van der Waals surface area contributed by atoms with Crippen molar-refractivity contribution in [1.82, 2.24) is 14.9 Å². The van der Waals surface area contributed by atoms with E-state index in [4.69, 9.17) is 30.5 Å². The van der Waals surface area contributed by atoms with Gasteiger partial charge in [-0.05, 0) is 24.6 Å². The summed E-state index contributed by atoms with van der Waals surface area (Å²) in [6.07, 6.45) is 2.24. The molecule has 2 aliphatic heterocycles. The Bertz CT molecular complexity index is 1230. The molecule has 36 heavy (non-hydrogen) atoms. The van der Waals surface area contributed by atoms with Crippen LogP contribution in [0.5, 0.6) is 23.1 Å². The van der Waals surface area contributed by atoms with Crippen LogP contribution in [-0.4, -0.2) is 61.4 Å². The highest BCUT2D eigenvalue weighted by Gasteiger charge is 2.23. The third kappa shape index (κ3) is 5.40. The molecule has 0 amide bonds. The fraction of sp³-hybridized carbons (Fsp3) is 0.360. The largest absolute Gasteiger partial charge is 0.493 e. The summed E-state index contributed by atoms with van der Waals surface area (Å²) in [6.45, 7) is 5.40. The average Bonchev–Trinajstić information content (AvgIpc) is 3.08. The Kier molecular flexibility index (Phi) is 7.55. The predicted molar refractivity (Wildman–Crippen MR) is 134 cm³/mol. The highest BCUT2D eigenvalue weighted by molar-refractivity contribution is 6.31. The molecule has 0 atom stereocenters. The minimum Gasteiger partial charge on any atom is -0.493 e. The minimum atomic E-state index is -0.565. The molecule has 2 aliphatic rings. The fourth-order valence-corrected chi connectivity index (χ4v) is 4.28. The lowest BCUT2D eigenvalue weighted by Gasteiger charge is -2.26. The molecule has 3 heterocycles. The number of methoxy groups -OCH3 is 1. The highest BCUT2D eigenvalue weighted by atomic mass is 35.5. The van der Waals surface area contributed by atoms with Gasteiger partial charge in [0.05, 0.1) is 37.6 Å². The summed E-state index contributed by atoms with van der Waals surface area (Å²) in [5.41, 5.74) is 1.55. The van der Waals surface area contributed by atoms with E-state index in [1.807, 2.05) is 6.07 Å². The van der Waals surface area contributed by atoms with Crippen LogP contribution in [0.4, 0.5) is 21.6 Å². The van der Waals surface area contributed by atoms with E-state index in [0.717, 1.165) is 44.8 Å². The van der Waals surface area contributed by atoms with E-state index in [1.165, 1.54) is 12.4 Å². The number of nitrogens with one attached hydrogen (secondary N) is 2. The quantitative estimate of drug-likeness (QED) is 0.409. The third-order valence-corrected chi connectivity index (χ3v) is 6.30. The van der Waals surface area contributed by atoms with Crippen molar-refractivity contribution < 1.29 is 23.3 Å². The number of anilines is 3.